The van der Waals surface area contributed by atoms with Crippen molar-refractivity contribution in [3.05, 3.63) is 88.9 Å². The fraction of sp³-hybridized carbons (Fsp3) is 0.130. The monoisotopic (exact) mass is 408 g/mol. The molecule has 0 radical (unpaired) electrons. The van der Waals surface area contributed by atoms with Crippen molar-refractivity contribution < 1.29 is 14.3 Å². The van der Waals surface area contributed by atoms with E-state index in [2.05, 4.69) is 10.6 Å². The topological polar surface area (TPSA) is 67.4 Å². The maximum absolute atomic E-state index is 12.6. The number of aryl methyl sites for hydroxylation is 1. The van der Waals surface area contributed by atoms with Gasteiger partial charge >= 0.3 is 0 Å². The van der Waals surface area contributed by atoms with Gasteiger partial charge in [-0.2, -0.15) is 0 Å². The third-order valence-electron chi connectivity index (χ3n) is 4.23. The maximum atomic E-state index is 12.6. The van der Waals surface area contributed by atoms with E-state index in [-0.39, 0.29) is 11.8 Å². The largest absolute Gasteiger partial charge is 0.479 e. The van der Waals surface area contributed by atoms with Crippen molar-refractivity contribution in [2.24, 2.45) is 0 Å². The number of amides is 2. The third-order valence-corrected chi connectivity index (χ3v) is 4.54. The molecule has 0 spiro atoms. The van der Waals surface area contributed by atoms with Crippen molar-refractivity contribution in [2.45, 2.75) is 20.0 Å². The zero-order valence-electron chi connectivity index (χ0n) is 16.1. The highest BCUT2D eigenvalue weighted by Crippen LogP contribution is 2.27. The first-order valence-corrected chi connectivity index (χ1v) is 9.51. The molecule has 2 N–H and O–H groups in total. The highest BCUT2D eigenvalue weighted by Gasteiger charge is 2.18. The molecule has 0 aromatic heterocycles. The molecular weight excluding hydrogens is 388 g/mol. The van der Waals surface area contributed by atoms with E-state index < -0.39 is 6.10 Å². The van der Waals surface area contributed by atoms with Gasteiger partial charge in [0.05, 0.1) is 16.4 Å². The lowest BCUT2D eigenvalue weighted by atomic mass is 10.2. The van der Waals surface area contributed by atoms with E-state index in [9.17, 15) is 9.59 Å². The van der Waals surface area contributed by atoms with E-state index in [0.717, 1.165) is 5.56 Å². The smallest absolute Gasteiger partial charge is 0.265 e. The number of anilines is 2. The van der Waals surface area contributed by atoms with Crippen molar-refractivity contribution in [3.8, 4) is 5.75 Å². The summed E-state index contributed by atoms with van der Waals surface area (Å²) >= 11 is 6.14. The summed E-state index contributed by atoms with van der Waals surface area (Å²) < 4.78 is 5.72. The number of rotatable bonds is 6. The van der Waals surface area contributed by atoms with Crippen molar-refractivity contribution >= 4 is 34.8 Å². The lowest BCUT2D eigenvalue weighted by Crippen LogP contribution is -2.30. The zero-order valence-corrected chi connectivity index (χ0v) is 16.9. The Bertz CT molecular complexity index is 1020. The summed E-state index contributed by atoms with van der Waals surface area (Å²) in [7, 11) is 0. The molecule has 148 valence electrons. The molecule has 0 saturated heterocycles. The Morgan fingerprint density at radius 2 is 1.52 bits per heavy atom. The Kier molecular flexibility index (Phi) is 6.52. The van der Waals surface area contributed by atoms with Crippen molar-refractivity contribution in [3.63, 3.8) is 0 Å². The van der Waals surface area contributed by atoms with E-state index in [1.165, 1.54) is 0 Å². The molecule has 1 unspecified atom stereocenters. The predicted molar refractivity (Wildman–Crippen MR) is 116 cm³/mol. The first-order chi connectivity index (χ1) is 13.9. The molecule has 0 heterocycles. The standard InChI is InChI=1S/C23H21ClN2O3/c1-15-12-13-18(24)21(14-15)29-16(2)22(27)25-19-10-6-7-11-20(19)26-23(28)17-8-4-3-5-9-17/h3-14,16H,1-2H3,(H,25,27)(H,26,28). The fourth-order valence-corrected chi connectivity index (χ4v) is 2.83. The third kappa shape index (κ3) is 5.36. The van der Waals surface area contributed by atoms with E-state index in [0.29, 0.717) is 27.7 Å². The number of hydrogen-bond acceptors (Lipinski definition) is 3. The van der Waals surface area contributed by atoms with Gasteiger partial charge in [0.25, 0.3) is 11.8 Å². The lowest BCUT2D eigenvalue weighted by molar-refractivity contribution is -0.122. The Balaban J connectivity index is 1.70. The minimum Gasteiger partial charge on any atom is -0.479 e. The molecule has 0 aliphatic rings. The van der Waals surface area contributed by atoms with Gasteiger partial charge in [0.1, 0.15) is 5.75 Å². The molecule has 0 bridgehead atoms. The molecule has 5 nitrogen and oxygen atoms in total. The van der Waals surface area contributed by atoms with Gasteiger partial charge in [-0.25, -0.2) is 0 Å². The molecule has 0 aliphatic heterocycles. The Morgan fingerprint density at radius 1 is 0.897 bits per heavy atom. The number of hydrogen-bond donors (Lipinski definition) is 2. The maximum Gasteiger partial charge on any atom is 0.265 e. The quantitative estimate of drug-likeness (QED) is 0.581. The summed E-state index contributed by atoms with van der Waals surface area (Å²) in [6, 6.07) is 21.2. The first-order valence-electron chi connectivity index (χ1n) is 9.13. The molecule has 3 aromatic carbocycles. The average Bonchev–Trinajstić information content (AvgIpc) is 2.72. The average molecular weight is 409 g/mol. The molecule has 3 rings (SSSR count). The highest BCUT2D eigenvalue weighted by atomic mass is 35.5. The molecule has 6 heteroatoms. The number of halogens is 1. The minimum absolute atomic E-state index is 0.261. The van der Waals surface area contributed by atoms with Crippen molar-refractivity contribution in [1.82, 2.24) is 0 Å². The Morgan fingerprint density at radius 3 is 2.21 bits per heavy atom. The lowest BCUT2D eigenvalue weighted by Gasteiger charge is -2.18. The second-order valence-corrected chi connectivity index (χ2v) is 6.96. The van der Waals surface area contributed by atoms with Gasteiger partial charge in [0.15, 0.2) is 6.10 Å². The van der Waals surface area contributed by atoms with E-state index in [1.807, 2.05) is 19.1 Å². The molecule has 2 amide bonds. The number of carbonyl (C=O) groups is 2. The first kappa shape index (κ1) is 20.4. The second-order valence-electron chi connectivity index (χ2n) is 6.55. The zero-order chi connectivity index (χ0) is 20.8. The Labute approximate surface area is 174 Å². The van der Waals surface area contributed by atoms with E-state index in [4.69, 9.17) is 16.3 Å². The van der Waals surface area contributed by atoms with Crippen LogP contribution >= 0.6 is 11.6 Å². The summed E-state index contributed by atoms with van der Waals surface area (Å²) in [5, 5.41) is 6.06. The van der Waals surface area contributed by atoms with Gasteiger partial charge in [-0.3, -0.25) is 9.59 Å². The van der Waals surface area contributed by atoms with Crippen LogP contribution in [-0.4, -0.2) is 17.9 Å². The van der Waals surface area contributed by atoms with Gasteiger partial charge in [-0.1, -0.05) is 48.0 Å². The van der Waals surface area contributed by atoms with Crippen molar-refractivity contribution in [1.29, 1.82) is 0 Å². The SMILES string of the molecule is Cc1ccc(Cl)c(OC(C)C(=O)Nc2ccccc2NC(=O)c2ccccc2)c1. The Hall–Kier alpha value is -3.31. The summed E-state index contributed by atoms with van der Waals surface area (Å²) in [6.45, 7) is 3.55. The number of benzene rings is 3. The van der Waals surface area contributed by atoms with Crippen molar-refractivity contribution in [2.75, 3.05) is 10.6 Å². The fourth-order valence-electron chi connectivity index (χ4n) is 2.66. The molecule has 0 aliphatic carbocycles. The van der Waals surface area contributed by atoms with Gasteiger partial charge < -0.3 is 15.4 Å². The van der Waals surface area contributed by atoms with Crippen LogP contribution in [0.2, 0.25) is 5.02 Å². The van der Waals surface area contributed by atoms with E-state index >= 15 is 0 Å². The van der Waals surface area contributed by atoms with Gasteiger partial charge in [-0.15, -0.1) is 0 Å². The summed E-state index contributed by atoms with van der Waals surface area (Å²) in [4.78, 5) is 25.1. The van der Waals surface area contributed by atoms with Crippen LogP contribution in [0.3, 0.4) is 0 Å². The predicted octanol–water partition coefficient (Wildman–Crippen LogP) is 5.31. The summed E-state index contributed by atoms with van der Waals surface area (Å²) in [5.41, 5.74) is 2.48. The number of nitrogens with one attached hydrogen (secondary N) is 2. The van der Waals surface area contributed by atoms with Crippen LogP contribution in [-0.2, 0) is 4.79 Å². The van der Waals surface area contributed by atoms with Crippen LogP contribution in [0.15, 0.2) is 72.8 Å². The van der Waals surface area contributed by atoms with Crippen LogP contribution in [0.5, 0.6) is 5.75 Å². The molecular formula is C23H21ClN2O3. The molecule has 0 fully saturated rings. The van der Waals surface area contributed by atoms with E-state index in [1.54, 1.807) is 67.6 Å². The second kappa shape index (κ2) is 9.26. The normalized spacial score (nSPS) is 11.4. The van der Waals surface area contributed by atoms with Crippen LogP contribution in [0.4, 0.5) is 11.4 Å². The van der Waals surface area contributed by atoms with Crippen LogP contribution in [0.1, 0.15) is 22.8 Å². The summed E-state index contributed by atoms with van der Waals surface area (Å²) in [6.07, 6.45) is -0.785. The van der Waals surface area contributed by atoms with Crippen LogP contribution < -0.4 is 15.4 Å². The number of para-hydroxylation sites is 2. The van der Waals surface area contributed by atoms with Crippen LogP contribution in [0, 0.1) is 6.92 Å². The molecule has 0 saturated carbocycles. The van der Waals surface area contributed by atoms with Gasteiger partial charge in [0, 0.05) is 5.56 Å². The van der Waals surface area contributed by atoms with Gasteiger partial charge in [0.2, 0.25) is 0 Å². The van der Waals surface area contributed by atoms with Gasteiger partial charge in [-0.05, 0) is 55.8 Å². The minimum atomic E-state index is -0.785. The molecule has 3 aromatic rings. The summed E-state index contributed by atoms with van der Waals surface area (Å²) in [5.74, 6) is -0.174. The number of carbonyl (C=O) groups excluding carboxylic acids is 2. The molecule has 1 atom stereocenters. The number of ether oxygens (including phenoxy) is 1. The highest BCUT2D eigenvalue weighted by molar-refractivity contribution is 6.32. The van der Waals surface area contributed by atoms with Crippen LogP contribution in [0.25, 0.3) is 0 Å². The molecule has 29 heavy (non-hydrogen) atoms.